The van der Waals surface area contributed by atoms with Crippen molar-refractivity contribution in [2.75, 3.05) is 36.4 Å². The highest BCUT2D eigenvalue weighted by Crippen LogP contribution is 2.21. The van der Waals surface area contributed by atoms with E-state index in [1.807, 2.05) is 43.0 Å². The molecule has 23 heavy (non-hydrogen) atoms. The summed E-state index contributed by atoms with van der Waals surface area (Å²) in [5, 5.41) is 6.97. The van der Waals surface area contributed by atoms with E-state index in [-0.39, 0.29) is 6.03 Å². The number of carbonyl (C=O) groups is 1. The van der Waals surface area contributed by atoms with E-state index in [9.17, 15) is 4.79 Å². The second-order valence-electron chi connectivity index (χ2n) is 5.66. The third kappa shape index (κ3) is 3.67. The molecule has 0 unspecified atom stereocenters. The molecule has 0 bridgehead atoms. The number of urea groups is 1. The molecule has 1 fully saturated rings. The van der Waals surface area contributed by atoms with Crippen LogP contribution < -0.4 is 10.2 Å². The summed E-state index contributed by atoms with van der Waals surface area (Å²) in [5.74, 6) is 1.64. The lowest BCUT2D eigenvalue weighted by Crippen LogP contribution is -2.50. The molecule has 0 radical (unpaired) electrons. The van der Waals surface area contributed by atoms with Gasteiger partial charge in [0.25, 0.3) is 0 Å². The highest BCUT2D eigenvalue weighted by atomic mass is 79.9. The zero-order valence-electron chi connectivity index (χ0n) is 13.2. The topological polar surface area (TPSA) is 61.6 Å². The molecule has 2 aromatic rings. The molecule has 0 atom stereocenters. The minimum atomic E-state index is -0.0669. The van der Waals surface area contributed by atoms with E-state index in [1.165, 1.54) is 0 Å². The van der Waals surface area contributed by atoms with E-state index in [0.717, 1.165) is 40.4 Å². The highest BCUT2D eigenvalue weighted by Gasteiger charge is 2.22. The van der Waals surface area contributed by atoms with Crippen molar-refractivity contribution in [1.29, 1.82) is 0 Å². The summed E-state index contributed by atoms with van der Waals surface area (Å²) in [6.07, 6.45) is 0. The Bertz CT molecular complexity index is 708. The number of hydrogen-bond acceptors (Lipinski definition) is 4. The molecule has 0 spiro atoms. The lowest BCUT2D eigenvalue weighted by molar-refractivity contribution is 0.208. The smallest absolute Gasteiger partial charge is 0.321 e. The maximum Gasteiger partial charge on any atom is 0.321 e. The second-order valence-corrected chi connectivity index (χ2v) is 6.52. The molecule has 0 aliphatic carbocycles. The normalized spacial score (nSPS) is 14.9. The average Bonchev–Trinajstić information content (AvgIpc) is 2.97. The van der Waals surface area contributed by atoms with Crippen molar-refractivity contribution >= 4 is 33.5 Å². The molecular formula is C16H19BrN4O2. The molecule has 3 rings (SSSR count). The van der Waals surface area contributed by atoms with Crippen molar-refractivity contribution < 1.29 is 9.32 Å². The fourth-order valence-corrected chi connectivity index (χ4v) is 2.81. The van der Waals surface area contributed by atoms with E-state index in [1.54, 1.807) is 0 Å². The Morgan fingerprint density at radius 3 is 2.57 bits per heavy atom. The number of halogens is 1. The van der Waals surface area contributed by atoms with Gasteiger partial charge in [-0.1, -0.05) is 21.1 Å². The van der Waals surface area contributed by atoms with Crippen molar-refractivity contribution in [3.05, 3.63) is 40.1 Å². The number of anilines is 2. The average molecular weight is 379 g/mol. The first-order chi connectivity index (χ1) is 11.0. The SMILES string of the molecule is Cc1cc(N2CCN(C(=O)Nc3ccc(Br)c(C)c3)CC2)no1. The number of nitrogens with zero attached hydrogens (tertiary/aromatic N) is 3. The van der Waals surface area contributed by atoms with Gasteiger partial charge in [0.1, 0.15) is 5.76 Å². The van der Waals surface area contributed by atoms with E-state index >= 15 is 0 Å². The number of nitrogens with one attached hydrogen (secondary N) is 1. The molecule has 122 valence electrons. The quantitative estimate of drug-likeness (QED) is 0.869. The largest absolute Gasteiger partial charge is 0.360 e. The van der Waals surface area contributed by atoms with Crippen LogP contribution in [0.1, 0.15) is 11.3 Å². The van der Waals surface area contributed by atoms with Gasteiger partial charge in [0.15, 0.2) is 5.82 Å². The van der Waals surface area contributed by atoms with Crippen LogP contribution in [0, 0.1) is 13.8 Å². The van der Waals surface area contributed by atoms with E-state index in [4.69, 9.17) is 4.52 Å². The second kappa shape index (κ2) is 6.62. The first-order valence-electron chi connectivity index (χ1n) is 7.53. The fourth-order valence-electron chi connectivity index (χ4n) is 2.57. The predicted molar refractivity (Wildman–Crippen MR) is 92.9 cm³/mol. The summed E-state index contributed by atoms with van der Waals surface area (Å²) in [6, 6.07) is 7.64. The van der Waals surface area contributed by atoms with Crippen molar-refractivity contribution in [3.8, 4) is 0 Å². The Balaban J connectivity index is 1.56. The summed E-state index contributed by atoms with van der Waals surface area (Å²) in [7, 11) is 0. The number of aryl methyl sites for hydroxylation is 2. The van der Waals surface area contributed by atoms with Gasteiger partial charge >= 0.3 is 6.03 Å². The number of carbonyl (C=O) groups excluding carboxylic acids is 1. The molecule has 1 aromatic heterocycles. The first-order valence-corrected chi connectivity index (χ1v) is 8.32. The van der Waals surface area contributed by atoms with Crippen LogP contribution in [0.3, 0.4) is 0 Å². The predicted octanol–water partition coefficient (Wildman–Crippen LogP) is 3.41. The van der Waals surface area contributed by atoms with E-state index in [0.29, 0.717) is 13.1 Å². The van der Waals surface area contributed by atoms with Crippen molar-refractivity contribution in [3.63, 3.8) is 0 Å². The number of benzene rings is 1. The Hall–Kier alpha value is -2.02. The van der Waals surface area contributed by atoms with Gasteiger partial charge in [0.05, 0.1) is 0 Å². The van der Waals surface area contributed by atoms with Crippen LogP contribution in [0.4, 0.5) is 16.3 Å². The summed E-state index contributed by atoms with van der Waals surface area (Å²) in [4.78, 5) is 16.3. The van der Waals surface area contributed by atoms with Gasteiger partial charge in [-0.2, -0.15) is 0 Å². The number of piperazine rings is 1. The van der Waals surface area contributed by atoms with Gasteiger partial charge < -0.3 is 19.6 Å². The van der Waals surface area contributed by atoms with Crippen molar-refractivity contribution in [1.82, 2.24) is 10.1 Å². The number of amides is 2. The molecular weight excluding hydrogens is 360 g/mol. The summed E-state index contributed by atoms with van der Waals surface area (Å²) >= 11 is 3.46. The molecule has 7 heteroatoms. The zero-order chi connectivity index (χ0) is 16.4. The monoisotopic (exact) mass is 378 g/mol. The Kier molecular flexibility index (Phi) is 4.56. The van der Waals surface area contributed by atoms with Crippen LogP contribution in [0.5, 0.6) is 0 Å². The molecule has 1 aromatic carbocycles. The molecule has 0 saturated carbocycles. The van der Waals surface area contributed by atoms with Gasteiger partial charge in [-0.15, -0.1) is 0 Å². The Morgan fingerprint density at radius 2 is 1.96 bits per heavy atom. The maximum atomic E-state index is 12.4. The lowest BCUT2D eigenvalue weighted by atomic mass is 10.2. The molecule has 2 amide bonds. The molecule has 1 aliphatic heterocycles. The van der Waals surface area contributed by atoms with Gasteiger partial charge in [-0.05, 0) is 37.6 Å². The summed E-state index contributed by atoms with van der Waals surface area (Å²) in [6.45, 7) is 6.69. The third-order valence-electron chi connectivity index (χ3n) is 3.92. The molecule has 6 nitrogen and oxygen atoms in total. The van der Waals surface area contributed by atoms with Crippen LogP contribution in [0.2, 0.25) is 0 Å². The number of aromatic nitrogens is 1. The van der Waals surface area contributed by atoms with Crippen LogP contribution >= 0.6 is 15.9 Å². The minimum absolute atomic E-state index is 0.0669. The molecule has 2 heterocycles. The first kappa shape index (κ1) is 15.9. The van der Waals surface area contributed by atoms with Crippen LogP contribution in [0.25, 0.3) is 0 Å². The summed E-state index contributed by atoms with van der Waals surface area (Å²) in [5.41, 5.74) is 1.90. The van der Waals surface area contributed by atoms with Gasteiger partial charge in [-0.3, -0.25) is 0 Å². The van der Waals surface area contributed by atoms with Gasteiger partial charge in [0, 0.05) is 42.4 Å². The molecule has 1 N–H and O–H groups in total. The van der Waals surface area contributed by atoms with E-state index in [2.05, 4.69) is 31.3 Å². The third-order valence-corrected chi connectivity index (χ3v) is 4.81. The van der Waals surface area contributed by atoms with Crippen LogP contribution in [0.15, 0.2) is 33.3 Å². The molecule has 1 saturated heterocycles. The molecule has 1 aliphatic rings. The fraction of sp³-hybridized carbons (Fsp3) is 0.375. The van der Waals surface area contributed by atoms with E-state index < -0.39 is 0 Å². The Labute approximate surface area is 143 Å². The number of hydrogen-bond donors (Lipinski definition) is 1. The maximum absolute atomic E-state index is 12.4. The van der Waals surface area contributed by atoms with Crippen LogP contribution in [-0.2, 0) is 0 Å². The summed E-state index contributed by atoms with van der Waals surface area (Å²) < 4.78 is 6.14. The minimum Gasteiger partial charge on any atom is -0.360 e. The van der Waals surface area contributed by atoms with Crippen molar-refractivity contribution in [2.45, 2.75) is 13.8 Å². The van der Waals surface area contributed by atoms with Crippen molar-refractivity contribution in [2.24, 2.45) is 0 Å². The standard InChI is InChI=1S/C16H19BrN4O2/c1-11-9-13(3-4-14(11)17)18-16(22)21-7-5-20(6-8-21)15-10-12(2)23-19-15/h3-4,9-10H,5-8H2,1-2H3,(H,18,22). The van der Waals surface area contributed by atoms with Gasteiger partial charge in [0.2, 0.25) is 0 Å². The lowest BCUT2D eigenvalue weighted by Gasteiger charge is -2.34. The zero-order valence-corrected chi connectivity index (χ0v) is 14.8. The van der Waals surface area contributed by atoms with Crippen LogP contribution in [-0.4, -0.2) is 42.3 Å². The highest BCUT2D eigenvalue weighted by molar-refractivity contribution is 9.10. The Morgan fingerprint density at radius 1 is 1.22 bits per heavy atom. The van der Waals surface area contributed by atoms with Gasteiger partial charge in [-0.25, -0.2) is 4.79 Å². The number of rotatable bonds is 2.